The van der Waals surface area contributed by atoms with E-state index in [1.54, 1.807) is 6.07 Å². The molecule has 7 heteroatoms. The summed E-state index contributed by atoms with van der Waals surface area (Å²) in [4.78, 5) is 29.4. The Kier molecular flexibility index (Phi) is 5.50. The molecule has 1 aromatic rings. The van der Waals surface area contributed by atoms with Crippen LogP contribution in [0.5, 0.6) is 0 Å². The van der Waals surface area contributed by atoms with E-state index < -0.39 is 0 Å². The van der Waals surface area contributed by atoms with Gasteiger partial charge in [-0.05, 0) is 44.6 Å². The first-order valence-corrected chi connectivity index (χ1v) is 9.19. The molecule has 1 saturated carbocycles. The number of nitro groups is 1. The average Bonchev–Trinajstić information content (AvgIpc) is 3.08. The standard InChI is InChI=1S/C18H26N4O3/c1-13-6-7-16(22(24)25)18(19-13)21-10-8-15(9-11-21)20-17(23)12-14-4-2-3-5-14/h6-7,14-15H,2-5,8-12H2,1H3,(H,20,23). The lowest BCUT2D eigenvalue weighted by atomic mass is 10.0. The summed E-state index contributed by atoms with van der Waals surface area (Å²) in [5.74, 6) is 1.16. The fraction of sp³-hybridized carbons (Fsp3) is 0.667. The van der Waals surface area contributed by atoms with E-state index >= 15 is 0 Å². The highest BCUT2D eigenvalue weighted by Gasteiger charge is 2.27. The zero-order chi connectivity index (χ0) is 17.8. The second-order valence-corrected chi connectivity index (χ2v) is 7.24. The molecule has 2 aliphatic rings. The van der Waals surface area contributed by atoms with Gasteiger partial charge in [0.05, 0.1) is 4.92 Å². The number of anilines is 1. The van der Waals surface area contributed by atoms with Crippen LogP contribution >= 0.6 is 0 Å². The second-order valence-electron chi connectivity index (χ2n) is 7.24. The Morgan fingerprint density at radius 2 is 1.96 bits per heavy atom. The summed E-state index contributed by atoms with van der Waals surface area (Å²) in [5.41, 5.74) is 0.821. The average molecular weight is 346 g/mol. The third-order valence-corrected chi connectivity index (χ3v) is 5.30. The number of carbonyl (C=O) groups excluding carboxylic acids is 1. The van der Waals surface area contributed by atoms with E-state index in [0.717, 1.165) is 18.5 Å². The highest BCUT2D eigenvalue weighted by Crippen LogP contribution is 2.29. The van der Waals surface area contributed by atoms with Crippen molar-refractivity contribution < 1.29 is 9.72 Å². The van der Waals surface area contributed by atoms with Gasteiger partial charge in [-0.15, -0.1) is 0 Å². The number of amides is 1. The smallest absolute Gasteiger partial charge is 0.311 e. The Hall–Kier alpha value is -2.18. The van der Waals surface area contributed by atoms with Crippen molar-refractivity contribution in [3.8, 4) is 0 Å². The highest BCUT2D eigenvalue weighted by molar-refractivity contribution is 5.76. The van der Waals surface area contributed by atoms with E-state index in [4.69, 9.17) is 0 Å². The predicted molar refractivity (Wildman–Crippen MR) is 95.6 cm³/mol. The molecule has 0 radical (unpaired) electrons. The predicted octanol–water partition coefficient (Wildman–Crippen LogP) is 2.96. The van der Waals surface area contributed by atoms with Crippen LogP contribution in [-0.2, 0) is 4.79 Å². The van der Waals surface area contributed by atoms with E-state index in [1.807, 2.05) is 11.8 Å². The normalized spacial score (nSPS) is 19.2. The molecule has 1 saturated heterocycles. The van der Waals surface area contributed by atoms with Crippen molar-refractivity contribution in [1.29, 1.82) is 0 Å². The monoisotopic (exact) mass is 346 g/mol. The molecule has 25 heavy (non-hydrogen) atoms. The molecule has 2 heterocycles. The van der Waals surface area contributed by atoms with Gasteiger partial charge in [0.2, 0.25) is 11.7 Å². The second kappa shape index (κ2) is 7.80. The number of nitrogens with zero attached hydrogens (tertiary/aromatic N) is 3. The van der Waals surface area contributed by atoms with E-state index in [2.05, 4.69) is 10.3 Å². The molecule has 1 N–H and O–H groups in total. The van der Waals surface area contributed by atoms with Gasteiger partial charge in [0.25, 0.3) is 0 Å². The van der Waals surface area contributed by atoms with Gasteiger partial charge in [0.15, 0.2) is 0 Å². The summed E-state index contributed by atoms with van der Waals surface area (Å²) < 4.78 is 0. The van der Waals surface area contributed by atoms with Crippen molar-refractivity contribution in [3.05, 3.63) is 27.9 Å². The summed E-state index contributed by atoms with van der Waals surface area (Å²) in [6, 6.07) is 3.35. The molecule has 136 valence electrons. The zero-order valence-corrected chi connectivity index (χ0v) is 14.7. The Bertz CT molecular complexity index is 635. The molecule has 0 bridgehead atoms. The molecular formula is C18H26N4O3. The van der Waals surface area contributed by atoms with Gasteiger partial charge in [-0.3, -0.25) is 14.9 Å². The van der Waals surface area contributed by atoms with Crippen LogP contribution in [-0.4, -0.2) is 34.9 Å². The summed E-state index contributed by atoms with van der Waals surface area (Å²) >= 11 is 0. The van der Waals surface area contributed by atoms with Crippen LogP contribution in [0, 0.1) is 23.0 Å². The lowest BCUT2D eigenvalue weighted by molar-refractivity contribution is -0.384. The Balaban J connectivity index is 1.54. The molecule has 1 aromatic heterocycles. The number of piperidine rings is 1. The van der Waals surface area contributed by atoms with Crippen molar-refractivity contribution in [2.45, 2.75) is 57.9 Å². The topological polar surface area (TPSA) is 88.4 Å². The number of carbonyl (C=O) groups is 1. The van der Waals surface area contributed by atoms with Gasteiger partial charge >= 0.3 is 5.69 Å². The van der Waals surface area contributed by atoms with Crippen molar-refractivity contribution >= 4 is 17.4 Å². The van der Waals surface area contributed by atoms with Crippen LogP contribution in [0.4, 0.5) is 11.5 Å². The third-order valence-electron chi connectivity index (χ3n) is 5.30. The van der Waals surface area contributed by atoms with Crippen LogP contribution in [0.2, 0.25) is 0 Å². The summed E-state index contributed by atoms with van der Waals surface area (Å²) in [6.07, 6.45) is 7.08. The molecule has 0 atom stereocenters. The van der Waals surface area contributed by atoms with Gasteiger partial charge in [-0.1, -0.05) is 12.8 Å². The first-order valence-electron chi connectivity index (χ1n) is 9.19. The largest absolute Gasteiger partial charge is 0.353 e. The van der Waals surface area contributed by atoms with Gasteiger partial charge in [0, 0.05) is 37.3 Å². The number of hydrogen-bond acceptors (Lipinski definition) is 5. The quantitative estimate of drug-likeness (QED) is 0.654. The maximum atomic E-state index is 12.2. The zero-order valence-electron chi connectivity index (χ0n) is 14.7. The molecule has 1 amide bonds. The molecule has 3 rings (SSSR count). The number of nitrogens with one attached hydrogen (secondary N) is 1. The summed E-state index contributed by atoms with van der Waals surface area (Å²) in [7, 11) is 0. The van der Waals surface area contributed by atoms with E-state index in [9.17, 15) is 14.9 Å². The minimum atomic E-state index is -0.378. The molecule has 1 aliphatic heterocycles. The number of aromatic nitrogens is 1. The van der Waals surface area contributed by atoms with Crippen LogP contribution in [0.1, 0.15) is 50.6 Å². The molecule has 7 nitrogen and oxygen atoms in total. The lowest BCUT2D eigenvalue weighted by Gasteiger charge is -2.33. The summed E-state index contributed by atoms with van der Waals surface area (Å²) in [5, 5.41) is 14.4. The highest BCUT2D eigenvalue weighted by atomic mass is 16.6. The SMILES string of the molecule is Cc1ccc([N+](=O)[O-])c(N2CCC(NC(=O)CC3CCCC3)CC2)n1. The molecule has 0 unspecified atom stereocenters. The van der Waals surface area contributed by atoms with Crippen LogP contribution in [0.3, 0.4) is 0 Å². The van der Waals surface area contributed by atoms with Gasteiger partial charge in [-0.25, -0.2) is 4.98 Å². The van der Waals surface area contributed by atoms with Crippen molar-refractivity contribution in [2.24, 2.45) is 5.92 Å². The molecule has 1 aliphatic carbocycles. The Morgan fingerprint density at radius 3 is 2.60 bits per heavy atom. The molecular weight excluding hydrogens is 320 g/mol. The molecule has 0 aromatic carbocycles. The van der Waals surface area contributed by atoms with Crippen LogP contribution < -0.4 is 10.2 Å². The Labute approximate surface area is 148 Å². The number of hydrogen-bond donors (Lipinski definition) is 1. The molecule has 0 spiro atoms. The third kappa shape index (κ3) is 4.46. The summed E-state index contributed by atoms with van der Waals surface area (Å²) in [6.45, 7) is 3.18. The fourth-order valence-electron chi connectivity index (χ4n) is 3.91. The van der Waals surface area contributed by atoms with Crippen molar-refractivity contribution in [2.75, 3.05) is 18.0 Å². The Morgan fingerprint density at radius 1 is 1.28 bits per heavy atom. The first-order chi connectivity index (χ1) is 12.0. The van der Waals surface area contributed by atoms with E-state index in [1.165, 1.54) is 31.7 Å². The number of rotatable bonds is 5. The number of aryl methyl sites for hydroxylation is 1. The molecule has 2 fully saturated rings. The lowest BCUT2D eigenvalue weighted by Crippen LogP contribution is -2.45. The fourth-order valence-corrected chi connectivity index (χ4v) is 3.91. The minimum Gasteiger partial charge on any atom is -0.353 e. The van der Waals surface area contributed by atoms with Crippen molar-refractivity contribution in [3.63, 3.8) is 0 Å². The van der Waals surface area contributed by atoms with E-state index in [0.29, 0.717) is 31.2 Å². The van der Waals surface area contributed by atoms with Crippen LogP contribution in [0.25, 0.3) is 0 Å². The van der Waals surface area contributed by atoms with E-state index in [-0.39, 0.29) is 22.6 Å². The van der Waals surface area contributed by atoms with Gasteiger partial charge in [0.1, 0.15) is 0 Å². The minimum absolute atomic E-state index is 0.0503. The number of pyridine rings is 1. The van der Waals surface area contributed by atoms with Crippen LogP contribution in [0.15, 0.2) is 12.1 Å². The maximum absolute atomic E-state index is 12.2. The maximum Gasteiger partial charge on any atom is 0.311 e. The first kappa shape index (κ1) is 17.6. The van der Waals surface area contributed by atoms with Gasteiger partial charge in [-0.2, -0.15) is 0 Å². The van der Waals surface area contributed by atoms with Gasteiger partial charge < -0.3 is 10.2 Å². The van der Waals surface area contributed by atoms with Crippen molar-refractivity contribution in [1.82, 2.24) is 10.3 Å².